The van der Waals surface area contributed by atoms with Crippen LogP contribution in [0.15, 0.2) is 18.2 Å². The second-order valence-corrected chi connectivity index (χ2v) is 6.83. The first kappa shape index (κ1) is 13.4. The van der Waals surface area contributed by atoms with Crippen molar-refractivity contribution in [3.8, 4) is 0 Å². The Morgan fingerprint density at radius 2 is 1.76 bits per heavy atom. The number of benzene rings is 1. The number of nitrogens with zero attached hydrogens (tertiary/aromatic N) is 2. The van der Waals surface area contributed by atoms with E-state index in [9.17, 15) is 0 Å². The van der Waals surface area contributed by atoms with Crippen molar-refractivity contribution in [1.29, 1.82) is 0 Å². The molecule has 1 aromatic rings. The third-order valence-corrected chi connectivity index (χ3v) is 5.55. The Morgan fingerprint density at radius 3 is 2.57 bits per heavy atom. The Balaban J connectivity index is 1.41. The van der Waals surface area contributed by atoms with Gasteiger partial charge >= 0.3 is 0 Å². The normalized spacial score (nSPS) is 23.9. The second-order valence-electron chi connectivity index (χ2n) is 6.83. The van der Waals surface area contributed by atoms with E-state index in [2.05, 4.69) is 33.3 Å². The van der Waals surface area contributed by atoms with Crippen LogP contribution in [-0.4, -0.2) is 43.7 Å². The summed E-state index contributed by atoms with van der Waals surface area (Å²) in [6.45, 7) is 6.00. The molecule has 0 radical (unpaired) electrons. The molecule has 114 valence electrons. The molecular weight excluding hydrogens is 258 g/mol. The molecule has 2 fully saturated rings. The highest BCUT2D eigenvalue weighted by Gasteiger charge is 2.26. The lowest BCUT2D eigenvalue weighted by atomic mass is 10.0. The molecule has 4 rings (SSSR count). The van der Waals surface area contributed by atoms with Crippen LogP contribution in [0.25, 0.3) is 0 Å². The summed E-state index contributed by atoms with van der Waals surface area (Å²) in [7, 11) is 0. The van der Waals surface area contributed by atoms with Gasteiger partial charge in [0.05, 0.1) is 0 Å². The summed E-state index contributed by atoms with van der Waals surface area (Å²) in [5.74, 6) is 0. The van der Waals surface area contributed by atoms with Crippen LogP contribution in [0.2, 0.25) is 0 Å². The van der Waals surface area contributed by atoms with Gasteiger partial charge in [0.1, 0.15) is 0 Å². The van der Waals surface area contributed by atoms with Crippen LogP contribution in [0.1, 0.15) is 37.7 Å². The summed E-state index contributed by atoms with van der Waals surface area (Å²) in [6.07, 6.45) is 8.26. The van der Waals surface area contributed by atoms with Crippen LogP contribution < -0.4 is 10.2 Å². The van der Waals surface area contributed by atoms with Crippen LogP contribution in [0.5, 0.6) is 0 Å². The fourth-order valence-electron chi connectivity index (χ4n) is 4.26. The Bertz CT molecular complexity index is 485. The van der Waals surface area contributed by atoms with E-state index in [1.807, 2.05) is 0 Å². The van der Waals surface area contributed by atoms with E-state index in [4.69, 9.17) is 0 Å². The average Bonchev–Trinajstić information content (AvgIpc) is 3.09. The van der Waals surface area contributed by atoms with Crippen LogP contribution in [0.4, 0.5) is 11.4 Å². The van der Waals surface area contributed by atoms with Crippen molar-refractivity contribution in [1.82, 2.24) is 4.90 Å². The highest BCUT2D eigenvalue weighted by Crippen LogP contribution is 2.29. The lowest BCUT2D eigenvalue weighted by Crippen LogP contribution is -2.49. The molecule has 1 N–H and O–H groups in total. The van der Waals surface area contributed by atoms with Gasteiger partial charge in [-0.3, -0.25) is 4.90 Å². The molecule has 1 saturated heterocycles. The van der Waals surface area contributed by atoms with Gasteiger partial charge in [0.25, 0.3) is 0 Å². The molecule has 3 nitrogen and oxygen atoms in total. The minimum absolute atomic E-state index is 0.886. The average molecular weight is 285 g/mol. The lowest BCUT2D eigenvalue weighted by molar-refractivity contribution is 0.187. The predicted molar refractivity (Wildman–Crippen MR) is 89.3 cm³/mol. The molecule has 1 aliphatic carbocycles. The maximum Gasteiger partial charge on any atom is 0.0393 e. The Morgan fingerprint density at radius 1 is 0.952 bits per heavy atom. The Kier molecular flexibility index (Phi) is 3.76. The molecule has 2 aliphatic heterocycles. The van der Waals surface area contributed by atoms with Gasteiger partial charge in [-0.2, -0.15) is 0 Å². The Labute approximate surface area is 128 Å². The molecule has 0 atom stereocenters. The lowest BCUT2D eigenvalue weighted by Gasteiger charge is -2.39. The van der Waals surface area contributed by atoms with Crippen LogP contribution in [-0.2, 0) is 6.42 Å². The van der Waals surface area contributed by atoms with Gasteiger partial charge in [0.2, 0.25) is 0 Å². The number of nitrogens with one attached hydrogen (secondary N) is 1. The summed E-state index contributed by atoms with van der Waals surface area (Å²) >= 11 is 0. The summed E-state index contributed by atoms with van der Waals surface area (Å²) in [5, 5.41) is 3.56. The highest BCUT2D eigenvalue weighted by molar-refractivity contribution is 5.63. The molecule has 3 heteroatoms. The van der Waals surface area contributed by atoms with E-state index in [0.717, 1.165) is 12.6 Å². The largest absolute Gasteiger partial charge is 0.385 e. The van der Waals surface area contributed by atoms with Crippen LogP contribution >= 0.6 is 0 Å². The van der Waals surface area contributed by atoms with E-state index in [-0.39, 0.29) is 0 Å². The van der Waals surface area contributed by atoms with Crippen molar-refractivity contribution in [2.75, 3.05) is 42.9 Å². The number of aryl methyl sites for hydroxylation is 1. The van der Waals surface area contributed by atoms with E-state index >= 15 is 0 Å². The molecule has 0 unspecified atom stereocenters. The van der Waals surface area contributed by atoms with E-state index in [1.165, 1.54) is 81.6 Å². The first-order chi connectivity index (χ1) is 10.4. The van der Waals surface area contributed by atoms with Crippen molar-refractivity contribution in [3.05, 3.63) is 23.8 Å². The molecule has 2 heterocycles. The number of rotatable bonds is 2. The van der Waals surface area contributed by atoms with E-state index in [0.29, 0.717) is 0 Å². The first-order valence-electron chi connectivity index (χ1n) is 8.76. The Hall–Kier alpha value is -1.22. The van der Waals surface area contributed by atoms with Gasteiger partial charge in [0, 0.05) is 50.1 Å². The van der Waals surface area contributed by atoms with Gasteiger partial charge in [-0.15, -0.1) is 0 Å². The minimum Gasteiger partial charge on any atom is -0.385 e. The maximum absolute atomic E-state index is 3.56. The zero-order chi connectivity index (χ0) is 14.1. The second kappa shape index (κ2) is 5.88. The number of anilines is 2. The molecular formula is C18H27N3. The zero-order valence-corrected chi connectivity index (χ0v) is 13.0. The number of piperazine rings is 1. The fraction of sp³-hybridized carbons (Fsp3) is 0.667. The molecule has 1 aromatic carbocycles. The van der Waals surface area contributed by atoms with Crippen molar-refractivity contribution < 1.29 is 0 Å². The van der Waals surface area contributed by atoms with Gasteiger partial charge in [0.15, 0.2) is 0 Å². The van der Waals surface area contributed by atoms with Gasteiger partial charge in [-0.25, -0.2) is 0 Å². The molecule has 3 aliphatic rings. The molecule has 0 spiro atoms. The van der Waals surface area contributed by atoms with Gasteiger partial charge in [-0.1, -0.05) is 18.9 Å². The zero-order valence-electron chi connectivity index (χ0n) is 13.0. The molecule has 21 heavy (non-hydrogen) atoms. The topological polar surface area (TPSA) is 18.5 Å². The van der Waals surface area contributed by atoms with Crippen molar-refractivity contribution >= 4 is 11.4 Å². The first-order valence-corrected chi connectivity index (χ1v) is 8.76. The van der Waals surface area contributed by atoms with Crippen molar-refractivity contribution in [2.24, 2.45) is 0 Å². The predicted octanol–water partition coefficient (Wildman–Crippen LogP) is 3.11. The number of hydrogen-bond acceptors (Lipinski definition) is 3. The molecule has 0 aromatic heterocycles. The van der Waals surface area contributed by atoms with E-state index < -0.39 is 0 Å². The quantitative estimate of drug-likeness (QED) is 0.901. The minimum atomic E-state index is 0.886. The van der Waals surface area contributed by atoms with Crippen molar-refractivity contribution in [3.63, 3.8) is 0 Å². The van der Waals surface area contributed by atoms with Gasteiger partial charge < -0.3 is 10.2 Å². The molecule has 1 saturated carbocycles. The smallest absolute Gasteiger partial charge is 0.0393 e. The highest BCUT2D eigenvalue weighted by atomic mass is 15.3. The third-order valence-electron chi connectivity index (χ3n) is 5.55. The van der Waals surface area contributed by atoms with Crippen LogP contribution in [0, 0.1) is 0 Å². The summed E-state index contributed by atoms with van der Waals surface area (Å²) < 4.78 is 0. The molecule has 0 amide bonds. The summed E-state index contributed by atoms with van der Waals surface area (Å²) in [4.78, 5) is 5.31. The summed E-state index contributed by atoms with van der Waals surface area (Å²) in [6, 6.07) is 7.93. The number of hydrogen-bond donors (Lipinski definition) is 1. The standard InChI is InChI=1S/C18H27N3/c1-2-6-16(5-1)20-10-12-21(13-11-20)17-8-7-15-4-3-9-19-18(15)14-17/h7-8,14,16,19H,1-6,9-13H2. The van der Waals surface area contributed by atoms with E-state index in [1.54, 1.807) is 0 Å². The number of fused-ring (bicyclic) bond motifs is 1. The van der Waals surface area contributed by atoms with Crippen molar-refractivity contribution in [2.45, 2.75) is 44.6 Å². The monoisotopic (exact) mass is 285 g/mol. The maximum atomic E-state index is 3.56. The summed E-state index contributed by atoms with van der Waals surface area (Å²) in [5.41, 5.74) is 4.28. The van der Waals surface area contributed by atoms with Gasteiger partial charge in [-0.05, 0) is 43.4 Å². The molecule has 0 bridgehead atoms. The third kappa shape index (κ3) is 2.76. The van der Waals surface area contributed by atoms with Crippen LogP contribution in [0.3, 0.4) is 0 Å². The SMILES string of the molecule is c1cc2c(cc1N1CCN(C3CCCC3)CC1)NCCC2. The fourth-order valence-corrected chi connectivity index (χ4v) is 4.26.